The third kappa shape index (κ3) is 4.50. The largest absolute Gasteiger partial charge is 0.425 e. The van der Waals surface area contributed by atoms with E-state index in [1.807, 2.05) is 38.2 Å². The molecule has 0 atom stereocenters. The Morgan fingerprint density at radius 2 is 2.20 bits per heavy atom. The first-order valence-electron chi connectivity index (χ1n) is 8.16. The van der Waals surface area contributed by atoms with Crippen molar-refractivity contribution in [3.05, 3.63) is 54.1 Å². The third-order valence-corrected chi connectivity index (χ3v) is 3.58. The molecule has 0 aliphatic carbocycles. The van der Waals surface area contributed by atoms with E-state index in [0.717, 1.165) is 5.56 Å². The second kappa shape index (κ2) is 7.69. The number of aromatic nitrogens is 5. The van der Waals surface area contributed by atoms with Gasteiger partial charge in [0.05, 0.1) is 0 Å². The minimum absolute atomic E-state index is 0.0678. The summed E-state index contributed by atoms with van der Waals surface area (Å²) in [7, 11) is 0. The lowest BCUT2D eigenvalue weighted by molar-refractivity contribution is -0.121. The lowest BCUT2D eigenvalue weighted by atomic mass is 10.2. The number of hydrogen-bond acceptors (Lipinski definition) is 6. The number of amides is 1. The average molecular weight is 340 g/mol. The van der Waals surface area contributed by atoms with Crippen LogP contribution < -0.4 is 5.32 Å². The Morgan fingerprint density at radius 1 is 1.32 bits per heavy atom. The molecular formula is C17H20N6O2. The fourth-order valence-corrected chi connectivity index (χ4v) is 2.21. The fourth-order valence-electron chi connectivity index (χ4n) is 2.21. The molecule has 8 heteroatoms. The van der Waals surface area contributed by atoms with Crippen molar-refractivity contribution in [3.63, 3.8) is 0 Å². The van der Waals surface area contributed by atoms with Crippen LogP contribution in [0.1, 0.15) is 43.5 Å². The maximum atomic E-state index is 12.0. The molecule has 0 aromatic carbocycles. The molecular weight excluding hydrogens is 320 g/mol. The van der Waals surface area contributed by atoms with Crippen LogP contribution in [0, 0.1) is 0 Å². The molecule has 0 fully saturated rings. The summed E-state index contributed by atoms with van der Waals surface area (Å²) in [6.07, 6.45) is 5.94. The van der Waals surface area contributed by atoms with E-state index < -0.39 is 0 Å². The van der Waals surface area contributed by atoms with Crippen molar-refractivity contribution < 1.29 is 9.21 Å². The van der Waals surface area contributed by atoms with E-state index in [4.69, 9.17) is 4.42 Å². The highest BCUT2D eigenvalue weighted by atomic mass is 16.4. The van der Waals surface area contributed by atoms with Gasteiger partial charge in [-0.05, 0) is 23.8 Å². The molecule has 0 aliphatic rings. The van der Waals surface area contributed by atoms with E-state index >= 15 is 0 Å². The molecule has 0 spiro atoms. The van der Waals surface area contributed by atoms with Gasteiger partial charge in [0.1, 0.15) is 0 Å². The molecule has 1 amide bonds. The Bertz CT molecular complexity index is 825. The number of rotatable bonds is 7. The number of nitrogens with zero attached hydrogens (tertiary/aromatic N) is 5. The zero-order valence-electron chi connectivity index (χ0n) is 14.2. The van der Waals surface area contributed by atoms with Crippen LogP contribution in [0.15, 0.2) is 41.2 Å². The van der Waals surface area contributed by atoms with Gasteiger partial charge in [0.25, 0.3) is 0 Å². The maximum Gasteiger partial charge on any atom is 0.220 e. The molecule has 0 saturated heterocycles. The molecule has 3 aromatic heterocycles. The Morgan fingerprint density at radius 3 is 2.92 bits per heavy atom. The van der Waals surface area contributed by atoms with Gasteiger partial charge in [0.15, 0.2) is 5.82 Å². The first-order chi connectivity index (χ1) is 12.1. The van der Waals surface area contributed by atoms with Gasteiger partial charge in [-0.2, -0.15) is 5.10 Å². The smallest absolute Gasteiger partial charge is 0.220 e. The molecule has 1 N–H and O–H groups in total. The summed E-state index contributed by atoms with van der Waals surface area (Å²) >= 11 is 0. The molecule has 0 unspecified atom stereocenters. The van der Waals surface area contributed by atoms with Crippen molar-refractivity contribution in [2.45, 2.75) is 39.2 Å². The Hall–Kier alpha value is -3.03. The SMILES string of the molecule is CC(C)c1nnc(CCC(=O)NCc2ccnc(-n3cccn3)c2)o1. The number of carbonyl (C=O) groups excluding carboxylic acids is 1. The van der Waals surface area contributed by atoms with Gasteiger partial charge in [-0.1, -0.05) is 13.8 Å². The van der Waals surface area contributed by atoms with Gasteiger partial charge < -0.3 is 9.73 Å². The van der Waals surface area contributed by atoms with Crippen LogP contribution in [0.3, 0.4) is 0 Å². The van der Waals surface area contributed by atoms with Crippen molar-refractivity contribution in [1.29, 1.82) is 0 Å². The quantitative estimate of drug-likeness (QED) is 0.706. The predicted molar refractivity (Wildman–Crippen MR) is 89.9 cm³/mol. The topological polar surface area (TPSA) is 98.7 Å². The second-order valence-electron chi connectivity index (χ2n) is 5.94. The number of carbonyl (C=O) groups is 1. The monoisotopic (exact) mass is 340 g/mol. The number of aryl methyl sites for hydroxylation is 1. The third-order valence-electron chi connectivity index (χ3n) is 3.58. The highest BCUT2D eigenvalue weighted by molar-refractivity contribution is 5.76. The minimum Gasteiger partial charge on any atom is -0.425 e. The van der Waals surface area contributed by atoms with Crippen LogP contribution >= 0.6 is 0 Å². The highest BCUT2D eigenvalue weighted by Gasteiger charge is 2.11. The van der Waals surface area contributed by atoms with Crippen molar-refractivity contribution in [3.8, 4) is 5.82 Å². The van der Waals surface area contributed by atoms with Crippen LogP contribution in [0.5, 0.6) is 0 Å². The fraction of sp³-hybridized carbons (Fsp3) is 0.353. The standard InChI is InChI=1S/C17H20N6O2/c1-12(2)17-22-21-16(25-17)5-4-15(24)19-11-13-6-8-18-14(10-13)23-9-3-7-20-23/h3,6-10,12H,4-5,11H2,1-2H3,(H,19,24). The van der Waals surface area contributed by atoms with Gasteiger partial charge in [-0.25, -0.2) is 9.67 Å². The molecule has 130 valence electrons. The Kier molecular flexibility index (Phi) is 5.17. The number of hydrogen-bond donors (Lipinski definition) is 1. The van der Waals surface area contributed by atoms with E-state index in [-0.39, 0.29) is 11.8 Å². The Labute approximate surface area is 145 Å². The molecule has 0 radical (unpaired) electrons. The van der Waals surface area contributed by atoms with E-state index in [2.05, 4.69) is 25.6 Å². The van der Waals surface area contributed by atoms with E-state index in [1.165, 1.54) is 0 Å². The molecule has 0 bridgehead atoms. The first kappa shape index (κ1) is 16.8. The average Bonchev–Trinajstić information content (AvgIpc) is 3.30. The van der Waals surface area contributed by atoms with Gasteiger partial charge in [-0.15, -0.1) is 10.2 Å². The lowest BCUT2D eigenvalue weighted by Gasteiger charge is -2.06. The molecule has 3 aromatic rings. The molecule has 3 heterocycles. The molecule has 0 saturated carbocycles. The van der Waals surface area contributed by atoms with Gasteiger partial charge in [-0.3, -0.25) is 4.79 Å². The van der Waals surface area contributed by atoms with E-state index in [1.54, 1.807) is 17.1 Å². The molecule has 0 aliphatic heterocycles. The zero-order valence-corrected chi connectivity index (χ0v) is 14.2. The van der Waals surface area contributed by atoms with E-state index in [9.17, 15) is 4.79 Å². The zero-order chi connectivity index (χ0) is 17.6. The predicted octanol–water partition coefficient (Wildman–Crippen LogP) is 2.02. The van der Waals surface area contributed by atoms with Crippen LogP contribution in [0.2, 0.25) is 0 Å². The van der Waals surface area contributed by atoms with Crippen LogP contribution in [-0.2, 0) is 17.8 Å². The van der Waals surface area contributed by atoms with Gasteiger partial charge >= 0.3 is 0 Å². The van der Waals surface area contributed by atoms with Crippen molar-refractivity contribution in [2.75, 3.05) is 0 Å². The summed E-state index contributed by atoms with van der Waals surface area (Å²) in [6, 6.07) is 5.58. The lowest BCUT2D eigenvalue weighted by Crippen LogP contribution is -2.23. The second-order valence-corrected chi connectivity index (χ2v) is 5.94. The Balaban J connectivity index is 1.49. The summed E-state index contributed by atoms with van der Waals surface area (Å²) in [6.45, 7) is 4.39. The normalized spacial score (nSPS) is 11.0. The summed E-state index contributed by atoms with van der Waals surface area (Å²) in [4.78, 5) is 16.3. The summed E-state index contributed by atoms with van der Waals surface area (Å²) in [5.41, 5.74) is 0.953. The summed E-state index contributed by atoms with van der Waals surface area (Å²) < 4.78 is 7.17. The maximum absolute atomic E-state index is 12.0. The van der Waals surface area contributed by atoms with Crippen molar-refractivity contribution in [1.82, 2.24) is 30.3 Å². The first-order valence-corrected chi connectivity index (χ1v) is 8.16. The van der Waals surface area contributed by atoms with Gasteiger partial charge in [0.2, 0.25) is 17.7 Å². The van der Waals surface area contributed by atoms with Crippen molar-refractivity contribution in [2.24, 2.45) is 0 Å². The highest BCUT2D eigenvalue weighted by Crippen LogP contribution is 2.13. The molecule has 3 rings (SSSR count). The van der Waals surface area contributed by atoms with Crippen LogP contribution in [0.25, 0.3) is 5.82 Å². The number of nitrogens with one attached hydrogen (secondary N) is 1. The van der Waals surface area contributed by atoms with Crippen LogP contribution in [0.4, 0.5) is 0 Å². The van der Waals surface area contributed by atoms with E-state index in [0.29, 0.717) is 37.0 Å². The summed E-state index contributed by atoms with van der Waals surface area (Å²) in [5.74, 6) is 1.92. The van der Waals surface area contributed by atoms with Crippen molar-refractivity contribution >= 4 is 5.91 Å². The summed E-state index contributed by atoms with van der Waals surface area (Å²) in [5, 5.41) is 14.9. The van der Waals surface area contributed by atoms with Gasteiger partial charge in [0, 0.05) is 43.9 Å². The minimum atomic E-state index is -0.0678. The molecule has 25 heavy (non-hydrogen) atoms. The molecule has 8 nitrogen and oxygen atoms in total. The van der Waals surface area contributed by atoms with Crippen LogP contribution in [-0.4, -0.2) is 30.9 Å². The number of pyridine rings is 1.